The molecule has 0 radical (unpaired) electrons. The summed E-state index contributed by atoms with van der Waals surface area (Å²) in [5.74, 6) is -1.98. The first-order valence-electron chi connectivity index (χ1n) is 22.1. The second-order valence-corrected chi connectivity index (χ2v) is 17.5. The highest BCUT2D eigenvalue weighted by molar-refractivity contribution is 7.99. The molecule has 10 atom stereocenters. The molecule has 3 aliphatic rings. The van der Waals surface area contributed by atoms with Gasteiger partial charge in [-0.2, -0.15) is 0 Å². The van der Waals surface area contributed by atoms with Crippen LogP contribution < -0.4 is 0 Å². The summed E-state index contributed by atoms with van der Waals surface area (Å²) < 4.78 is 53.1. The molecule has 344 valence electrons. The summed E-state index contributed by atoms with van der Waals surface area (Å²) in [6.45, 7) is 5.21. The zero-order valence-corrected chi connectivity index (χ0v) is 37.7. The summed E-state index contributed by atoms with van der Waals surface area (Å²) in [4.78, 5) is 56.5. The normalized spacial score (nSPS) is 26.1. The third kappa shape index (κ3) is 10.9. The largest absolute Gasteiger partial charge is 0.459 e. The van der Waals surface area contributed by atoms with E-state index < -0.39 is 84.2 Å². The number of hydrogen-bond donors (Lipinski definition) is 0. The Morgan fingerprint density at radius 3 is 1.61 bits per heavy atom. The second-order valence-electron chi connectivity index (χ2n) is 16.1. The van der Waals surface area contributed by atoms with Gasteiger partial charge in [-0.25, -0.2) is 4.79 Å². The molecule has 2 amide bonds. The lowest BCUT2D eigenvalue weighted by Gasteiger charge is -2.50. The van der Waals surface area contributed by atoms with Gasteiger partial charge in [0.05, 0.1) is 42.6 Å². The molecule has 0 bridgehead atoms. The lowest BCUT2D eigenvalue weighted by atomic mass is 9.94. The number of benzene rings is 5. The molecule has 3 heterocycles. The summed E-state index contributed by atoms with van der Waals surface area (Å²) in [5, 5.41) is 0. The number of hydrogen-bond acceptors (Lipinski definition) is 13. The lowest BCUT2D eigenvalue weighted by Crippen LogP contribution is -2.68. The summed E-state index contributed by atoms with van der Waals surface area (Å²) in [6.07, 6.45) is -8.23. The molecule has 0 aromatic heterocycles. The van der Waals surface area contributed by atoms with Crippen LogP contribution in [-0.2, 0) is 62.5 Å². The highest BCUT2D eigenvalue weighted by Gasteiger charge is 2.58. The van der Waals surface area contributed by atoms with E-state index in [9.17, 15) is 19.2 Å². The van der Waals surface area contributed by atoms with Crippen LogP contribution in [0.25, 0.3) is 0 Å². The molecule has 2 fully saturated rings. The minimum absolute atomic E-state index is 0.124. The molecule has 0 spiro atoms. The number of amides is 2. The van der Waals surface area contributed by atoms with E-state index in [1.54, 1.807) is 54.6 Å². The maximum absolute atomic E-state index is 14.3. The number of ether oxygens (including phenoxy) is 8. The number of thioether (sulfide) groups is 1. The van der Waals surface area contributed by atoms with Crippen LogP contribution >= 0.6 is 11.8 Å². The van der Waals surface area contributed by atoms with Crippen LogP contribution in [0.15, 0.2) is 146 Å². The monoisotopic (exact) mass is 915 g/mol. The Morgan fingerprint density at radius 1 is 0.606 bits per heavy atom. The SMILES string of the molecule is CCS[C@@H]1O[C@H](COC(=O)c2ccccc2)[C@H](O[C@@H]2O[C@@H](C)[C@H](OCc3ccccc3)[C@@H](OCc3ccccc3)[C@H]2OCc2ccccc2)[C@H](OC(C)=O)[C@H]1N1C(=O)c2ccccc2C1=O. The second kappa shape index (κ2) is 22.2. The van der Waals surface area contributed by atoms with Gasteiger partial charge in [0.15, 0.2) is 12.4 Å². The Morgan fingerprint density at radius 2 is 1.09 bits per heavy atom. The average molecular weight is 916 g/mol. The van der Waals surface area contributed by atoms with Crippen LogP contribution in [-0.4, -0.2) is 102 Å². The Labute approximate surface area is 388 Å². The first-order chi connectivity index (χ1) is 32.2. The molecule has 14 heteroatoms. The quantitative estimate of drug-likeness (QED) is 0.0623. The van der Waals surface area contributed by atoms with Crippen molar-refractivity contribution in [3.05, 3.63) is 179 Å². The van der Waals surface area contributed by atoms with Crippen molar-refractivity contribution in [1.29, 1.82) is 0 Å². The van der Waals surface area contributed by atoms with E-state index in [0.717, 1.165) is 21.6 Å². The molecule has 0 unspecified atom stereocenters. The number of fused-ring (bicyclic) bond motifs is 1. The summed E-state index contributed by atoms with van der Waals surface area (Å²) in [5.41, 5.74) is 2.51. The maximum atomic E-state index is 14.3. The predicted octanol–water partition coefficient (Wildman–Crippen LogP) is 7.80. The zero-order valence-electron chi connectivity index (χ0n) is 36.9. The molecule has 8 rings (SSSR count). The van der Waals surface area contributed by atoms with Crippen molar-refractivity contribution in [2.45, 2.75) is 101 Å². The molecular weight excluding hydrogens is 863 g/mol. The Balaban J connectivity index is 1.19. The molecule has 0 saturated carbocycles. The predicted molar refractivity (Wildman–Crippen MR) is 244 cm³/mol. The Hall–Kier alpha value is -5.71. The zero-order chi connectivity index (χ0) is 46.0. The van der Waals surface area contributed by atoms with Crippen molar-refractivity contribution < 1.29 is 57.1 Å². The lowest BCUT2D eigenvalue weighted by molar-refractivity contribution is -0.347. The van der Waals surface area contributed by atoms with Crippen molar-refractivity contribution in [2.75, 3.05) is 12.4 Å². The van der Waals surface area contributed by atoms with Crippen molar-refractivity contribution in [2.24, 2.45) is 0 Å². The summed E-state index contributed by atoms with van der Waals surface area (Å²) >= 11 is 1.31. The standard InChI is InChI=1S/C52H53NO12S/c1-4-66-52-42(53-48(55)39-27-17-18-28-40(39)49(53)56)45(63-34(3)54)44(41(64-52)32-61-50(57)38-25-15-8-16-26-38)65-51-47(60-31-37-23-13-7-14-24-37)46(59-30-36-21-11-6-12-22-36)43(33(2)62-51)58-29-35-19-9-5-10-20-35/h5-28,33,41-47,51-52H,4,29-32H2,1-3H3/t33-,41+,42+,43-,44-,45+,46+,47+,51-,52-/m0/s1. The maximum Gasteiger partial charge on any atom is 0.338 e. The van der Waals surface area contributed by atoms with Crippen molar-refractivity contribution >= 4 is 35.5 Å². The number of esters is 2. The van der Waals surface area contributed by atoms with Crippen LogP contribution in [0.4, 0.5) is 0 Å². The molecule has 5 aromatic rings. The first-order valence-corrected chi connectivity index (χ1v) is 23.2. The molecule has 3 aliphatic heterocycles. The molecule has 66 heavy (non-hydrogen) atoms. The van der Waals surface area contributed by atoms with Crippen molar-refractivity contribution in [3.63, 3.8) is 0 Å². The highest BCUT2D eigenvalue weighted by atomic mass is 32.2. The third-order valence-corrected chi connectivity index (χ3v) is 12.7. The van der Waals surface area contributed by atoms with Gasteiger partial charge in [0.1, 0.15) is 48.6 Å². The van der Waals surface area contributed by atoms with Gasteiger partial charge in [-0.15, -0.1) is 11.8 Å². The van der Waals surface area contributed by atoms with Gasteiger partial charge in [-0.05, 0) is 53.6 Å². The Bertz CT molecular complexity index is 2360. The van der Waals surface area contributed by atoms with Gasteiger partial charge in [0, 0.05) is 6.92 Å². The van der Waals surface area contributed by atoms with Crippen LogP contribution in [0.1, 0.15) is 68.5 Å². The smallest absolute Gasteiger partial charge is 0.338 e. The van der Waals surface area contributed by atoms with E-state index in [2.05, 4.69) is 0 Å². The molecule has 0 N–H and O–H groups in total. The number of rotatable bonds is 18. The fourth-order valence-electron chi connectivity index (χ4n) is 8.52. The third-order valence-electron chi connectivity index (χ3n) is 11.6. The minimum Gasteiger partial charge on any atom is -0.459 e. The average Bonchev–Trinajstić information content (AvgIpc) is 3.59. The van der Waals surface area contributed by atoms with Crippen molar-refractivity contribution in [1.82, 2.24) is 4.90 Å². The molecular formula is C52H53NO12S. The van der Waals surface area contributed by atoms with Crippen LogP contribution in [0.2, 0.25) is 0 Å². The Kier molecular flexibility index (Phi) is 15.7. The molecule has 2 saturated heterocycles. The molecule has 5 aromatic carbocycles. The number of nitrogens with zero attached hydrogens (tertiary/aromatic N) is 1. The number of imide groups is 1. The van der Waals surface area contributed by atoms with Gasteiger partial charge >= 0.3 is 11.9 Å². The topological polar surface area (TPSA) is 145 Å². The highest BCUT2D eigenvalue weighted by Crippen LogP contribution is 2.41. The van der Waals surface area contributed by atoms with Gasteiger partial charge in [-0.1, -0.05) is 128 Å². The van der Waals surface area contributed by atoms with E-state index >= 15 is 0 Å². The molecule has 0 aliphatic carbocycles. The van der Waals surface area contributed by atoms with Crippen LogP contribution in [0, 0.1) is 0 Å². The van der Waals surface area contributed by atoms with E-state index in [4.69, 9.17) is 37.9 Å². The number of carbonyl (C=O) groups is 4. The van der Waals surface area contributed by atoms with Gasteiger partial charge in [-0.3, -0.25) is 19.3 Å². The summed E-state index contributed by atoms with van der Waals surface area (Å²) in [6, 6.07) is 42.9. The fraction of sp³-hybridized carbons (Fsp3) is 0.346. The molecule has 13 nitrogen and oxygen atoms in total. The fourth-order valence-corrected chi connectivity index (χ4v) is 9.54. The van der Waals surface area contributed by atoms with Gasteiger partial charge in [0.25, 0.3) is 11.8 Å². The minimum atomic E-state index is -1.35. The number of carbonyl (C=O) groups excluding carboxylic acids is 4. The van der Waals surface area contributed by atoms with Crippen LogP contribution in [0.5, 0.6) is 0 Å². The summed E-state index contributed by atoms with van der Waals surface area (Å²) in [7, 11) is 0. The van der Waals surface area contributed by atoms with E-state index in [0.29, 0.717) is 11.3 Å². The van der Waals surface area contributed by atoms with Gasteiger partial charge in [0.2, 0.25) is 0 Å². The van der Waals surface area contributed by atoms with Crippen molar-refractivity contribution in [3.8, 4) is 0 Å². The van der Waals surface area contributed by atoms with E-state index in [1.165, 1.54) is 18.7 Å². The van der Waals surface area contributed by atoms with Gasteiger partial charge < -0.3 is 37.9 Å². The first kappa shape index (κ1) is 46.8. The van der Waals surface area contributed by atoms with E-state index in [1.807, 2.05) is 105 Å². The van der Waals surface area contributed by atoms with E-state index in [-0.39, 0.29) is 37.6 Å². The van der Waals surface area contributed by atoms with Crippen LogP contribution in [0.3, 0.4) is 0 Å².